The van der Waals surface area contributed by atoms with Gasteiger partial charge in [0.05, 0.1) is 18.0 Å². The van der Waals surface area contributed by atoms with Crippen LogP contribution in [0.3, 0.4) is 0 Å². The van der Waals surface area contributed by atoms with E-state index in [0.29, 0.717) is 6.04 Å². The molecule has 0 aliphatic rings. The van der Waals surface area contributed by atoms with Crippen LogP contribution in [0.25, 0.3) is 11.3 Å². The van der Waals surface area contributed by atoms with Crippen LogP contribution in [0.15, 0.2) is 27.4 Å². The molecule has 104 valence electrons. The molecule has 0 saturated heterocycles. The van der Waals surface area contributed by atoms with Crippen LogP contribution in [0.4, 0.5) is 0 Å². The van der Waals surface area contributed by atoms with E-state index in [4.69, 9.17) is 8.83 Å². The molecule has 0 radical (unpaired) electrons. The van der Waals surface area contributed by atoms with Gasteiger partial charge in [-0.2, -0.15) is 0 Å². The Hall–Kier alpha value is -1.55. The monoisotopic (exact) mass is 262 g/mol. The summed E-state index contributed by atoms with van der Waals surface area (Å²) in [5.41, 5.74) is 1.02. The summed E-state index contributed by atoms with van der Waals surface area (Å²) < 4.78 is 11.2. The summed E-state index contributed by atoms with van der Waals surface area (Å²) in [7, 11) is 0. The molecule has 2 aromatic heterocycles. The van der Waals surface area contributed by atoms with Crippen LogP contribution in [-0.4, -0.2) is 17.6 Å². The second kappa shape index (κ2) is 6.57. The number of aromatic nitrogens is 1. The summed E-state index contributed by atoms with van der Waals surface area (Å²) in [5.74, 6) is 2.55. The van der Waals surface area contributed by atoms with Gasteiger partial charge in [-0.3, -0.25) is 0 Å². The lowest BCUT2D eigenvalue weighted by molar-refractivity contribution is 0.480. The molecule has 2 rings (SSSR count). The van der Waals surface area contributed by atoms with Gasteiger partial charge in [0.1, 0.15) is 5.76 Å². The SMILES string of the molecule is CCc1occc1-c1cnc(CCCNC(C)C)o1. The van der Waals surface area contributed by atoms with Crippen LogP contribution in [0, 0.1) is 0 Å². The van der Waals surface area contributed by atoms with Crippen LogP contribution in [0.1, 0.15) is 38.8 Å². The number of hydrogen-bond donors (Lipinski definition) is 1. The Morgan fingerprint density at radius 1 is 1.37 bits per heavy atom. The molecule has 0 aromatic carbocycles. The van der Waals surface area contributed by atoms with Crippen LogP contribution >= 0.6 is 0 Å². The van der Waals surface area contributed by atoms with E-state index in [0.717, 1.165) is 48.8 Å². The first-order valence-corrected chi connectivity index (χ1v) is 6.95. The lowest BCUT2D eigenvalue weighted by Gasteiger charge is -2.05. The fourth-order valence-electron chi connectivity index (χ4n) is 2.01. The van der Waals surface area contributed by atoms with Gasteiger partial charge in [-0.25, -0.2) is 4.98 Å². The topological polar surface area (TPSA) is 51.2 Å². The summed E-state index contributed by atoms with van der Waals surface area (Å²) in [5, 5.41) is 3.38. The average Bonchev–Trinajstić information content (AvgIpc) is 3.02. The summed E-state index contributed by atoms with van der Waals surface area (Å²) in [6, 6.07) is 2.46. The highest BCUT2D eigenvalue weighted by atomic mass is 16.4. The second-order valence-electron chi connectivity index (χ2n) is 4.94. The molecule has 0 aliphatic carbocycles. The molecule has 0 saturated carbocycles. The Morgan fingerprint density at radius 3 is 2.95 bits per heavy atom. The number of oxazole rings is 1. The van der Waals surface area contributed by atoms with Crippen LogP contribution in [-0.2, 0) is 12.8 Å². The third-order valence-electron chi connectivity index (χ3n) is 3.01. The first-order chi connectivity index (χ1) is 9.20. The van der Waals surface area contributed by atoms with Gasteiger partial charge in [0.25, 0.3) is 0 Å². The van der Waals surface area contributed by atoms with Gasteiger partial charge in [0, 0.05) is 18.9 Å². The molecule has 0 amide bonds. The molecule has 2 aromatic rings. The van der Waals surface area contributed by atoms with Crippen LogP contribution in [0.2, 0.25) is 0 Å². The van der Waals surface area contributed by atoms with Crippen molar-refractivity contribution in [2.75, 3.05) is 6.54 Å². The molecule has 1 N–H and O–H groups in total. The minimum Gasteiger partial charge on any atom is -0.469 e. The van der Waals surface area contributed by atoms with Crippen LogP contribution < -0.4 is 5.32 Å². The smallest absolute Gasteiger partial charge is 0.194 e. The molecule has 0 unspecified atom stereocenters. The van der Waals surface area contributed by atoms with Crippen molar-refractivity contribution in [3.63, 3.8) is 0 Å². The molecule has 0 fully saturated rings. The van der Waals surface area contributed by atoms with Gasteiger partial charge in [-0.05, 0) is 19.0 Å². The molecule has 4 nitrogen and oxygen atoms in total. The predicted molar refractivity (Wildman–Crippen MR) is 75.0 cm³/mol. The minimum atomic E-state index is 0.526. The quantitative estimate of drug-likeness (QED) is 0.777. The standard InChI is InChI=1S/C15H22N2O2/c1-4-13-12(7-9-18-13)14-10-17-15(19-14)6-5-8-16-11(2)3/h7,9-11,16H,4-6,8H2,1-3H3. The van der Waals surface area contributed by atoms with Gasteiger partial charge in [-0.15, -0.1) is 0 Å². The lowest BCUT2D eigenvalue weighted by Crippen LogP contribution is -2.23. The molecule has 2 heterocycles. The number of rotatable bonds is 7. The van der Waals surface area contributed by atoms with Crippen LogP contribution in [0.5, 0.6) is 0 Å². The molecule has 0 spiro atoms. The molecule has 0 aliphatic heterocycles. The summed E-state index contributed by atoms with van der Waals surface area (Å²) in [6.45, 7) is 7.35. The van der Waals surface area contributed by atoms with Crippen molar-refractivity contribution in [2.45, 2.75) is 46.1 Å². The molecular formula is C15H22N2O2. The van der Waals surface area contributed by atoms with Crippen molar-refractivity contribution >= 4 is 0 Å². The zero-order valence-corrected chi connectivity index (χ0v) is 11.9. The molecule has 19 heavy (non-hydrogen) atoms. The van der Waals surface area contributed by atoms with Crippen molar-refractivity contribution in [3.05, 3.63) is 30.2 Å². The third kappa shape index (κ3) is 3.70. The van der Waals surface area contributed by atoms with E-state index in [9.17, 15) is 0 Å². The van der Waals surface area contributed by atoms with E-state index < -0.39 is 0 Å². The van der Waals surface area contributed by atoms with Crippen molar-refractivity contribution in [3.8, 4) is 11.3 Å². The Labute approximate surface area is 114 Å². The lowest BCUT2D eigenvalue weighted by atomic mass is 10.2. The number of aryl methyl sites for hydroxylation is 2. The maximum Gasteiger partial charge on any atom is 0.194 e. The molecular weight excluding hydrogens is 240 g/mol. The van der Waals surface area contributed by atoms with Crippen molar-refractivity contribution in [1.82, 2.24) is 10.3 Å². The minimum absolute atomic E-state index is 0.526. The van der Waals surface area contributed by atoms with E-state index in [-0.39, 0.29) is 0 Å². The number of nitrogens with zero attached hydrogens (tertiary/aromatic N) is 1. The fourth-order valence-corrected chi connectivity index (χ4v) is 2.01. The number of furan rings is 1. The zero-order valence-electron chi connectivity index (χ0n) is 11.9. The molecule has 0 bridgehead atoms. The fraction of sp³-hybridized carbons (Fsp3) is 0.533. The van der Waals surface area contributed by atoms with Gasteiger partial charge >= 0.3 is 0 Å². The Balaban J connectivity index is 1.92. The number of hydrogen-bond acceptors (Lipinski definition) is 4. The first-order valence-electron chi connectivity index (χ1n) is 6.95. The summed E-state index contributed by atoms with van der Waals surface area (Å²) in [4.78, 5) is 4.33. The van der Waals surface area contributed by atoms with Gasteiger partial charge in [0.15, 0.2) is 11.7 Å². The van der Waals surface area contributed by atoms with Crippen molar-refractivity contribution in [1.29, 1.82) is 0 Å². The van der Waals surface area contributed by atoms with Gasteiger partial charge in [-0.1, -0.05) is 20.8 Å². The Bertz CT molecular complexity index is 500. The Kier molecular flexibility index (Phi) is 4.80. The first kappa shape index (κ1) is 13.9. The van der Waals surface area contributed by atoms with E-state index in [1.807, 2.05) is 6.07 Å². The third-order valence-corrected chi connectivity index (χ3v) is 3.01. The normalized spacial score (nSPS) is 11.4. The van der Waals surface area contributed by atoms with E-state index >= 15 is 0 Å². The second-order valence-corrected chi connectivity index (χ2v) is 4.94. The summed E-state index contributed by atoms with van der Waals surface area (Å²) in [6.07, 6.45) is 6.23. The van der Waals surface area contributed by atoms with Gasteiger partial charge < -0.3 is 14.2 Å². The maximum absolute atomic E-state index is 5.78. The van der Waals surface area contributed by atoms with E-state index in [1.165, 1.54) is 0 Å². The highest BCUT2D eigenvalue weighted by Crippen LogP contribution is 2.26. The Morgan fingerprint density at radius 2 is 2.21 bits per heavy atom. The van der Waals surface area contributed by atoms with Crippen molar-refractivity contribution in [2.24, 2.45) is 0 Å². The highest BCUT2D eigenvalue weighted by Gasteiger charge is 2.12. The molecule has 0 atom stereocenters. The van der Waals surface area contributed by atoms with Crippen molar-refractivity contribution < 1.29 is 8.83 Å². The largest absolute Gasteiger partial charge is 0.469 e. The average molecular weight is 262 g/mol. The highest BCUT2D eigenvalue weighted by molar-refractivity contribution is 5.58. The molecule has 4 heteroatoms. The summed E-state index contributed by atoms with van der Waals surface area (Å²) >= 11 is 0. The maximum atomic E-state index is 5.78. The van der Waals surface area contributed by atoms with Gasteiger partial charge in [0.2, 0.25) is 0 Å². The zero-order chi connectivity index (χ0) is 13.7. The van der Waals surface area contributed by atoms with E-state index in [1.54, 1.807) is 12.5 Å². The van der Waals surface area contributed by atoms with E-state index in [2.05, 4.69) is 31.1 Å². The predicted octanol–water partition coefficient (Wildman–Crippen LogP) is 3.43. The number of nitrogens with one attached hydrogen (secondary N) is 1.